The Morgan fingerprint density at radius 2 is 1.89 bits per heavy atom. The first-order valence-electron chi connectivity index (χ1n) is 7.67. The molecule has 0 saturated heterocycles. The lowest BCUT2D eigenvalue weighted by atomic mass is 9.81. The van der Waals surface area contributed by atoms with Gasteiger partial charge in [-0.1, -0.05) is 50.1 Å². The largest absolute Gasteiger partial charge is 0.314 e. The van der Waals surface area contributed by atoms with Crippen LogP contribution < -0.4 is 5.32 Å². The van der Waals surface area contributed by atoms with E-state index in [9.17, 15) is 0 Å². The maximum absolute atomic E-state index is 3.76. The third kappa shape index (κ3) is 4.13. The maximum atomic E-state index is 3.76. The highest BCUT2D eigenvalue weighted by molar-refractivity contribution is 5.14. The first-order valence-corrected chi connectivity index (χ1v) is 7.67. The van der Waals surface area contributed by atoms with Crippen LogP contribution >= 0.6 is 0 Å². The molecule has 1 aliphatic carbocycles. The normalized spacial score (nSPS) is 24.1. The predicted octanol–water partition coefficient (Wildman–Crippen LogP) is 4.18. The van der Waals surface area contributed by atoms with Gasteiger partial charge >= 0.3 is 0 Å². The van der Waals surface area contributed by atoms with Gasteiger partial charge in [0.25, 0.3) is 0 Å². The second-order valence-corrected chi connectivity index (χ2v) is 5.63. The van der Waals surface area contributed by atoms with E-state index in [-0.39, 0.29) is 0 Å². The molecule has 1 N–H and O–H groups in total. The fourth-order valence-corrected chi connectivity index (χ4v) is 3.15. The molecule has 2 atom stereocenters. The van der Waals surface area contributed by atoms with Crippen molar-refractivity contribution in [3.63, 3.8) is 0 Å². The summed E-state index contributed by atoms with van der Waals surface area (Å²) in [4.78, 5) is 0. The Bertz CT molecular complexity index is 320. The molecule has 1 heteroatoms. The molecule has 0 bridgehead atoms. The van der Waals surface area contributed by atoms with Crippen molar-refractivity contribution >= 4 is 0 Å². The van der Waals surface area contributed by atoms with Crippen LogP contribution in [0.4, 0.5) is 0 Å². The second kappa shape index (κ2) is 7.58. The summed E-state index contributed by atoms with van der Waals surface area (Å²) < 4.78 is 0. The van der Waals surface area contributed by atoms with Crippen LogP contribution in [-0.4, -0.2) is 12.6 Å². The van der Waals surface area contributed by atoms with E-state index in [1.807, 2.05) is 0 Å². The Kier molecular flexibility index (Phi) is 5.73. The highest BCUT2D eigenvalue weighted by atomic mass is 14.9. The summed E-state index contributed by atoms with van der Waals surface area (Å²) in [7, 11) is 0. The van der Waals surface area contributed by atoms with Crippen molar-refractivity contribution < 1.29 is 0 Å². The average molecular weight is 245 g/mol. The molecule has 0 heterocycles. The molecule has 0 aliphatic heterocycles. The van der Waals surface area contributed by atoms with E-state index in [0.717, 1.165) is 12.0 Å². The van der Waals surface area contributed by atoms with Crippen molar-refractivity contribution in [3.8, 4) is 0 Å². The monoisotopic (exact) mass is 245 g/mol. The smallest absolute Gasteiger partial charge is 0.00954 e. The minimum atomic E-state index is 0.780. The first-order chi connectivity index (χ1) is 8.90. The summed E-state index contributed by atoms with van der Waals surface area (Å²) in [5.74, 6) is 0.894. The Labute approximate surface area is 112 Å². The summed E-state index contributed by atoms with van der Waals surface area (Å²) in [5, 5.41) is 3.76. The van der Waals surface area contributed by atoms with Crippen molar-refractivity contribution in [2.75, 3.05) is 6.54 Å². The molecule has 0 amide bonds. The van der Waals surface area contributed by atoms with Gasteiger partial charge in [-0.25, -0.2) is 0 Å². The van der Waals surface area contributed by atoms with Gasteiger partial charge in [0.15, 0.2) is 0 Å². The van der Waals surface area contributed by atoms with E-state index >= 15 is 0 Å². The SMILES string of the molecule is CCCNC1CCCCC1CCc1ccccc1. The minimum Gasteiger partial charge on any atom is -0.314 e. The van der Waals surface area contributed by atoms with Crippen molar-refractivity contribution in [2.24, 2.45) is 5.92 Å². The molecule has 1 fully saturated rings. The molecular weight excluding hydrogens is 218 g/mol. The molecule has 1 aliphatic rings. The summed E-state index contributed by atoms with van der Waals surface area (Å²) in [6.07, 6.45) is 9.52. The molecule has 1 aromatic carbocycles. The maximum Gasteiger partial charge on any atom is 0.00954 e. The van der Waals surface area contributed by atoms with Crippen LogP contribution in [-0.2, 0) is 6.42 Å². The summed E-state index contributed by atoms with van der Waals surface area (Å²) in [6, 6.07) is 11.7. The number of rotatable bonds is 6. The number of nitrogens with one attached hydrogen (secondary N) is 1. The van der Waals surface area contributed by atoms with E-state index in [1.165, 1.54) is 57.1 Å². The number of hydrogen-bond donors (Lipinski definition) is 1. The van der Waals surface area contributed by atoms with Gasteiger partial charge in [0.1, 0.15) is 0 Å². The van der Waals surface area contributed by atoms with Crippen LogP contribution in [0.2, 0.25) is 0 Å². The molecule has 1 aromatic rings. The highest BCUT2D eigenvalue weighted by Crippen LogP contribution is 2.28. The van der Waals surface area contributed by atoms with Crippen LogP contribution in [0.15, 0.2) is 30.3 Å². The summed E-state index contributed by atoms with van der Waals surface area (Å²) in [5.41, 5.74) is 1.50. The predicted molar refractivity (Wildman–Crippen MR) is 78.8 cm³/mol. The van der Waals surface area contributed by atoms with Crippen LogP contribution in [0.25, 0.3) is 0 Å². The summed E-state index contributed by atoms with van der Waals surface area (Å²) in [6.45, 7) is 3.45. The molecule has 100 valence electrons. The second-order valence-electron chi connectivity index (χ2n) is 5.63. The molecule has 18 heavy (non-hydrogen) atoms. The quantitative estimate of drug-likeness (QED) is 0.793. The fourth-order valence-electron chi connectivity index (χ4n) is 3.15. The average Bonchev–Trinajstić information content (AvgIpc) is 2.45. The molecule has 1 nitrogen and oxygen atoms in total. The zero-order valence-electron chi connectivity index (χ0n) is 11.7. The van der Waals surface area contributed by atoms with E-state index in [4.69, 9.17) is 0 Å². The number of benzene rings is 1. The fraction of sp³-hybridized carbons (Fsp3) is 0.647. The lowest BCUT2D eigenvalue weighted by molar-refractivity contribution is 0.250. The van der Waals surface area contributed by atoms with Crippen molar-refractivity contribution in [3.05, 3.63) is 35.9 Å². The van der Waals surface area contributed by atoms with Crippen molar-refractivity contribution in [2.45, 2.75) is 57.9 Å². The Morgan fingerprint density at radius 1 is 1.11 bits per heavy atom. The van der Waals surface area contributed by atoms with Gasteiger partial charge in [-0.15, -0.1) is 0 Å². The molecule has 0 spiro atoms. The molecule has 2 rings (SSSR count). The number of aryl methyl sites for hydroxylation is 1. The van der Waals surface area contributed by atoms with E-state index in [2.05, 4.69) is 42.6 Å². The van der Waals surface area contributed by atoms with Crippen molar-refractivity contribution in [1.82, 2.24) is 5.32 Å². The van der Waals surface area contributed by atoms with Gasteiger partial charge in [0.2, 0.25) is 0 Å². The van der Waals surface area contributed by atoms with Gasteiger partial charge in [0, 0.05) is 6.04 Å². The van der Waals surface area contributed by atoms with Crippen molar-refractivity contribution in [1.29, 1.82) is 0 Å². The number of hydrogen-bond acceptors (Lipinski definition) is 1. The standard InChI is InChI=1S/C17H27N/c1-2-14-18-17-11-7-6-10-16(17)13-12-15-8-4-3-5-9-15/h3-5,8-9,16-18H,2,6-7,10-14H2,1H3. The minimum absolute atomic E-state index is 0.780. The first kappa shape index (κ1) is 13.6. The lowest BCUT2D eigenvalue weighted by Crippen LogP contribution is -2.39. The third-order valence-electron chi connectivity index (χ3n) is 4.21. The van der Waals surface area contributed by atoms with Crippen LogP contribution in [0.5, 0.6) is 0 Å². The van der Waals surface area contributed by atoms with Crippen LogP contribution in [0.1, 0.15) is 51.0 Å². The van der Waals surface area contributed by atoms with E-state index < -0.39 is 0 Å². The van der Waals surface area contributed by atoms with Gasteiger partial charge in [-0.3, -0.25) is 0 Å². The van der Waals surface area contributed by atoms with Crippen LogP contribution in [0, 0.1) is 5.92 Å². The van der Waals surface area contributed by atoms with Gasteiger partial charge in [0.05, 0.1) is 0 Å². The Hall–Kier alpha value is -0.820. The molecule has 0 aromatic heterocycles. The molecule has 0 radical (unpaired) electrons. The van der Waals surface area contributed by atoms with Gasteiger partial charge < -0.3 is 5.32 Å². The summed E-state index contributed by atoms with van der Waals surface area (Å²) >= 11 is 0. The van der Waals surface area contributed by atoms with E-state index in [1.54, 1.807) is 0 Å². The zero-order valence-corrected chi connectivity index (χ0v) is 11.7. The van der Waals surface area contributed by atoms with Crippen LogP contribution in [0.3, 0.4) is 0 Å². The van der Waals surface area contributed by atoms with Gasteiger partial charge in [-0.05, 0) is 50.1 Å². The molecular formula is C17H27N. The lowest BCUT2D eigenvalue weighted by Gasteiger charge is -2.32. The highest BCUT2D eigenvalue weighted by Gasteiger charge is 2.23. The zero-order chi connectivity index (χ0) is 12.6. The Morgan fingerprint density at radius 3 is 2.67 bits per heavy atom. The topological polar surface area (TPSA) is 12.0 Å². The molecule has 2 unspecified atom stereocenters. The Balaban J connectivity index is 1.81. The van der Waals surface area contributed by atoms with Gasteiger partial charge in [-0.2, -0.15) is 0 Å². The third-order valence-corrected chi connectivity index (χ3v) is 4.21. The van der Waals surface area contributed by atoms with E-state index in [0.29, 0.717) is 0 Å². The molecule has 1 saturated carbocycles.